The van der Waals surface area contributed by atoms with Crippen molar-refractivity contribution in [1.82, 2.24) is 15.2 Å². The van der Waals surface area contributed by atoms with Gasteiger partial charge in [0.05, 0.1) is 5.41 Å². The summed E-state index contributed by atoms with van der Waals surface area (Å²) in [5.74, 6) is -0.871. The molecule has 0 atom stereocenters. The number of nitrogens with zero attached hydrogens (tertiary/aromatic N) is 2. The normalized spacial score (nSPS) is 11.0. The molecule has 0 unspecified atom stereocenters. The number of carbonyl (C=O) groups is 2. The van der Waals surface area contributed by atoms with E-state index in [1.807, 2.05) is 26.0 Å². The highest BCUT2D eigenvalue weighted by molar-refractivity contribution is 5.78. The molecule has 0 bridgehead atoms. The summed E-state index contributed by atoms with van der Waals surface area (Å²) in [6.45, 7) is 4.23. The van der Waals surface area contributed by atoms with E-state index in [0.717, 1.165) is 5.56 Å². The van der Waals surface area contributed by atoms with Gasteiger partial charge in [0.1, 0.15) is 0 Å². The molecule has 0 fully saturated rings. The van der Waals surface area contributed by atoms with Crippen LogP contribution in [0.25, 0.3) is 0 Å². The maximum Gasteiger partial charge on any atom is 0.317 e. The van der Waals surface area contributed by atoms with Gasteiger partial charge in [-0.3, -0.25) is 9.78 Å². The van der Waals surface area contributed by atoms with Crippen LogP contribution in [-0.2, 0) is 11.3 Å². The number of carbonyl (C=O) groups excluding carboxylic acids is 1. The number of urea groups is 1. The zero-order valence-corrected chi connectivity index (χ0v) is 12.8. The minimum atomic E-state index is -0.896. The van der Waals surface area contributed by atoms with Gasteiger partial charge in [-0.1, -0.05) is 13.8 Å². The van der Waals surface area contributed by atoms with Gasteiger partial charge in [0.15, 0.2) is 0 Å². The molecule has 116 valence electrons. The first-order chi connectivity index (χ1) is 9.95. The van der Waals surface area contributed by atoms with Crippen molar-refractivity contribution in [2.24, 2.45) is 5.41 Å². The summed E-state index contributed by atoms with van der Waals surface area (Å²) >= 11 is 0. The maximum atomic E-state index is 12.1. The highest BCUT2D eigenvalue weighted by Crippen LogP contribution is 2.25. The van der Waals surface area contributed by atoms with Crippen LogP contribution in [0.15, 0.2) is 24.5 Å². The fourth-order valence-electron chi connectivity index (χ4n) is 2.09. The third-order valence-electron chi connectivity index (χ3n) is 3.90. The number of carboxylic acids is 1. The van der Waals surface area contributed by atoms with Crippen molar-refractivity contribution in [3.8, 4) is 0 Å². The molecule has 0 aliphatic carbocycles. The monoisotopic (exact) mass is 293 g/mol. The van der Waals surface area contributed by atoms with Crippen molar-refractivity contribution in [3.63, 3.8) is 0 Å². The Hall–Kier alpha value is -2.11. The number of pyridine rings is 1. The molecule has 2 amide bonds. The van der Waals surface area contributed by atoms with E-state index in [4.69, 9.17) is 0 Å². The average Bonchev–Trinajstić information content (AvgIpc) is 2.49. The Morgan fingerprint density at radius 3 is 2.33 bits per heavy atom. The molecule has 1 aromatic heterocycles. The van der Waals surface area contributed by atoms with Gasteiger partial charge in [0, 0.05) is 32.5 Å². The summed E-state index contributed by atoms with van der Waals surface area (Å²) in [5.41, 5.74) is 0.0748. The molecule has 0 spiro atoms. The van der Waals surface area contributed by atoms with Crippen LogP contribution in [0.3, 0.4) is 0 Å². The van der Waals surface area contributed by atoms with Crippen LogP contribution in [0.2, 0.25) is 0 Å². The Morgan fingerprint density at radius 1 is 1.29 bits per heavy atom. The van der Waals surface area contributed by atoms with Crippen LogP contribution in [0.1, 0.15) is 32.3 Å². The molecular formula is C15H23N3O3. The van der Waals surface area contributed by atoms with Crippen molar-refractivity contribution in [2.75, 3.05) is 13.6 Å². The maximum absolute atomic E-state index is 12.1. The number of aromatic nitrogens is 1. The summed E-state index contributed by atoms with van der Waals surface area (Å²) in [5, 5.41) is 12.1. The standard InChI is InChI=1S/C15H23N3O3/c1-4-15(5-2,13(19)20)11-17-14(21)18(3)10-12-6-8-16-9-7-12/h6-9H,4-5,10-11H2,1-3H3,(H,17,21)(H,19,20). The quantitative estimate of drug-likeness (QED) is 0.806. The number of rotatable bonds is 7. The van der Waals surface area contributed by atoms with E-state index >= 15 is 0 Å². The number of aliphatic carboxylic acids is 1. The molecule has 0 saturated heterocycles. The van der Waals surface area contributed by atoms with E-state index in [9.17, 15) is 14.7 Å². The van der Waals surface area contributed by atoms with Gasteiger partial charge >= 0.3 is 12.0 Å². The van der Waals surface area contributed by atoms with E-state index < -0.39 is 11.4 Å². The lowest BCUT2D eigenvalue weighted by Crippen LogP contribution is -2.46. The molecule has 0 aliphatic rings. The number of hydrogen-bond acceptors (Lipinski definition) is 3. The molecule has 1 rings (SSSR count). The second-order valence-electron chi connectivity index (χ2n) is 5.16. The van der Waals surface area contributed by atoms with Crippen molar-refractivity contribution in [3.05, 3.63) is 30.1 Å². The molecule has 0 aromatic carbocycles. The van der Waals surface area contributed by atoms with Gasteiger partial charge in [-0.05, 0) is 30.5 Å². The molecule has 0 aliphatic heterocycles. The van der Waals surface area contributed by atoms with Crippen LogP contribution in [0, 0.1) is 5.41 Å². The average molecular weight is 293 g/mol. The number of nitrogens with one attached hydrogen (secondary N) is 1. The third kappa shape index (κ3) is 4.44. The minimum Gasteiger partial charge on any atom is -0.481 e. The van der Waals surface area contributed by atoms with Crippen LogP contribution < -0.4 is 5.32 Å². The van der Waals surface area contributed by atoms with Gasteiger partial charge in [-0.15, -0.1) is 0 Å². The Kier molecular flexibility index (Phi) is 6.14. The predicted octanol–water partition coefficient (Wildman–Crippen LogP) is 2.11. The molecule has 0 saturated carbocycles. The zero-order chi connectivity index (χ0) is 15.9. The molecule has 6 heteroatoms. The van der Waals surface area contributed by atoms with E-state index in [1.165, 1.54) is 4.90 Å². The van der Waals surface area contributed by atoms with E-state index in [0.29, 0.717) is 19.4 Å². The van der Waals surface area contributed by atoms with Crippen molar-refractivity contribution in [1.29, 1.82) is 0 Å². The summed E-state index contributed by atoms with van der Waals surface area (Å²) in [6.07, 6.45) is 4.30. The first-order valence-electron chi connectivity index (χ1n) is 7.06. The van der Waals surface area contributed by atoms with Crippen LogP contribution >= 0.6 is 0 Å². The van der Waals surface area contributed by atoms with Gasteiger partial charge in [-0.2, -0.15) is 0 Å². The Morgan fingerprint density at radius 2 is 1.86 bits per heavy atom. The highest BCUT2D eigenvalue weighted by atomic mass is 16.4. The molecule has 1 aromatic rings. The molecular weight excluding hydrogens is 270 g/mol. The summed E-state index contributed by atoms with van der Waals surface area (Å²) in [7, 11) is 1.68. The largest absolute Gasteiger partial charge is 0.481 e. The lowest BCUT2D eigenvalue weighted by molar-refractivity contribution is -0.149. The van der Waals surface area contributed by atoms with E-state index in [2.05, 4.69) is 10.3 Å². The molecule has 2 N–H and O–H groups in total. The first kappa shape index (κ1) is 16.9. The number of carboxylic acid groups (broad SMARTS) is 1. The summed E-state index contributed by atoms with van der Waals surface area (Å²) in [4.78, 5) is 28.9. The van der Waals surface area contributed by atoms with Gasteiger partial charge in [0.2, 0.25) is 0 Å². The smallest absolute Gasteiger partial charge is 0.317 e. The topological polar surface area (TPSA) is 82.5 Å². The Labute approximate surface area is 125 Å². The van der Waals surface area contributed by atoms with Crippen LogP contribution in [-0.4, -0.2) is 40.6 Å². The molecule has 6 nitrogen and oxygen atoms in total. The van der Waals surface area contributed by atoms with E-state index in [-0.39, 0.29) is 12.6 Å². The molecule has 21 heavy (non-hydrogen) atoms. The zero-order valence-electron chi connectivity index (χ0n) is 12.8. The number of hydrogen-bond donors (Lipinski definition) is 2. The van der Waals surface area contributed by atoms with Gasteiger partial charge in [0.25, 0.3) is 0 Å². The fourth-order valence-corrected chi connectivity index (χ4v) is 2.09. The minimum absolute atomic E-state index is 0.134. The lowest BCUT2D eigenvalue weighted by atomic mass is 9.82. The van der Waals surface area contributed by atoms with Crippen molar-refractivity contribution < 1.29 is 14.7 Å². The third-order valence-corrected chi connectivity index (χ3v) is 3.90. The lowest BCUT2D eigenvalue weighted by Gasteiger charge is -2.28. The van der Waals surface area contributed by atoms with Crippen molar-refractivity contribution in [2.45, 2.75) is 33.2 Å². The van der Waals surface area contributed by atoms with Gasteiger partial charge < -0.3 is 15.3 Å². The Bertz CT molecular complexity index is 472. The van der Waals surface area contributed by atoms with E-state index in [1.54, 1.807) is 19.4 Å². The first-order valence-corrected chi connectivity index (χ1v) is 7.06. The fraction of sp³-hybridized carbons (Fsp3) is 0.533. The number of amides is 2. The highest BCUT2D eigenvalue weighted by Gasteiger charge is 2.35. The van der Waals surface area contributed by atoms with Gasteiger partial charge in [-0.25, -0.2) is 4.79 Å². The Balaban J connectivity index is 2.58. The second-order valence-corrected chi connectivity index (χ2v) is 5.16. The predicted molar refractivity (Wildman–Crippen MR) is 79.8 cm³/mol. The van der Waals surface area contributed by atoms with Crippen LogP contribution in [0.5, 0.6) is 0 Å². The second kappa shape index (κ2) is 7.61. The molecule has 0 radical (unpaired) electrons. The summed E-state index contributed by atoms with van der Waals surface area (Å²) in [6, 6.07) is 3.40. The van der Waals surface area contributed by atoms with Crippen molar-refractivity contribution >= 4 is 12.0 Å². The molecule has 1 heterocycles. The van der Waals surface area contributed by atoms with Crippen LogP contribution in [0.4, 0.5) is 4.79 Å². The summed E-state index contributed by atoms with van der Waals surface area (Å²) < 4.78 is 0. The SMILES string of the molecule is CCC(CC)(CNC(=O)N(C)Cc1ccncc1)C(=O)O.